The maximum atomic E-state index is 15.5. The van der Waals surface area contributed by atoms with Crippen molar-refractivity contribution in [3.63, 3.8) is 0 Å². The molecule has 13 aromatic rings. The van der Waals surface area contributed by atoms with Crippen LogP contribution in [-0.4, -0.2) is 9.13 Å². The van der Waals surface area contributed by atoms with Crippen molar-refractivity contribution in [2.75, 3.05) is 0 Å². The number of alkyl halides is 3. The highest BCUT2D eigenvalue weighted by Crippen LogP contribution is 2.48. The Balaban J connectivity index is 1.10. The Labute approximate surface area is 475 Å². The SMILES string of the molecule is [C-]#[N+]c1ccc(-c2ccc3c(c2)c2cc(-c4ccc(C#N)cc4)ccc2n3-c2ccc(-c3c(C)cccc3C(F)(F)F)c(-c3cc(C#N)ccc3-n3c4ccc(-c5ccc(C#N)cc5)cc4c4cc(-c5ccc(C#N)cc5)ccc43)c2)cc1. The first-order valence-electron chi connectivity index (χ1n) is 26.5. The third-order valence-corrected chi connectivity index (χ3v) is 15.7. The van der Waals surface area contributed by atoms with Crippen molar-refractivity contribution in [1.82, 2.24) is 9.13 Å². The number of hydrogen-bond acceptors (Lipinski definition) is 4. The van der Waals surface area contributed by atoms with Crippen LogP contribution in [0.5, 0.6) is 0 Å². The average Bonchev–Trinajstić information content (AvgIpc) is 2.12. The lowest BCUT2D eigenvalue weighted by Crippen LogP contribution is -2.09. The summed E-state index contributed by atoms with van der Waals surface area (Å²) in [5.41, 5.74) is 15.1. The molecule has 10 heteroatoms. The van der Waals surface area contributed by atoms with Crippen molar-refractivity contribution in [1.29, 1.82) is 21.0 Å². The molecule has 0 atom stereocenters. The van der Waals surface area contributed by atoms with Gasteiger partial charge in [0.2, 0.25) is 0 Å². The molecular weight excluding hydrogens is 1030 g/mol. The number of nitriles is 4. The minimum absolute atomic E-state index is 0.0133. The van der Waals surface area contributed by atoms with Gasteiger partial charge < -0.3 is 9.13 Å². The van der Waals surface area contributed by atoms with Crippen LogP contribution in [0.15, 0.2) is 224 Å². The first-order valence-corrected chi connectivity index (χ1v) is 26.5. The molecule has 388 valence electrons. The maximum absolute atomic E-state index is 15.5. The van der Waals surface area contributed by atoms with E-state index >= 15 is 13.2 Å². The molecule has 0 spiro atoms. The van der Waals surface area contributed by atoms with Gasteiger partial charge in [0, 0.05) is 32.8 Å². The van der Waals surface area contributed by atoms with E-state index in [9.17, 15) is 21.0 Å². The second-order valence-electron chi connectivity index (χ2n) is 20.4. The monoisotopic (exact) mass is 1070 g/mol. The molecule has 0 fully saturated rings. The molecule has 83 heavy (non-hydrogen) atoms. The molecule has 13 rings (SSSR count). The Morgan fingerprint density at radius 3 is 1.19 bits per heavy atom. The smallest absolute Gasteiger partial charge is 0.309 e. The molecule has 2 aromatic heterocycles. The molecule has 0 aliphatic rings. The highest BCUT2D eigenvalue weighted by Gasteiger charge is 2.35. The van der Waals surface area contributed by atoms with Crippen LogP contribution in [-0.2, 0) is 6.18 Å². The van der Waals surface area contributed by atoms with Crippen LogP contribution >= 0.6 is 0 Å². The van der Waals surface area contributed by atoms with E-state index < -0.39 is 11.7 Å². The van der Waals surface area contributed by atoms with E-state index in [1.165, 1.54) is 6.07 Å². The first kappa shape index (κ1) is 50.7. The summed E-state index contributed by atoms with van der Waals surface area (Å²) in [4.78, 5) is 3.59. The van der Waals surface area contributed by atoms with Gasteiger partial charge in [-0.2, -0.15) is 34.2 Å². The number of benzene rings is 11. The van der Waals surface area contributed by atoms with E-state index in [1.54, 1.807) is 79.7 Å². The van der Waals surface area contributed by atoms with Gasteiger partial charge >= 0.3 is 6.18 Å². The van der Waals surface area contributed by atoms with E-state index in [0.717, 1.165) is 94.2 Å². The molecule has 2 heterocycles. The summed E-state index contributed by atoms with van der Waals surface area (Å²) in [5.74, 6) is 0. The minimum Gasteiger partial charge on any atom is -0.309 e. The van der Waals surface area contributed by atoms with E-state index in [1.807, 2.05) is 115 Å². The zero-order chi connectivity index (χ0) is 57.1. The van der Waals surface area contributed by atoms with Gasteiger partial charge in [0.15, 0.2) is 5.69 Å². The average molecular weight is 1070 g/mol. The lowest BCUT2D eigenvalue weighted by Gasteiger charge is -2.22. The van der Waals surface area contributed by atoms with Crippen LogP contribution in [0, 0.1) is 58.8 Å². The molecular formula is C73H40F3N7. The Hall–Kier alpha value is -11.7. The van der Waals surface area contributed by atoms with Crippen LogP contribution < -0.4 is 0 Å². The second kappa shape index (κ2) is 20.2. The molecule has 0 saturated heterocycles. The number of nitrogens with zero attached hydrogens (tertiary/aromatic N) is 7. The van der Waals surface area contributed by atoms with Gasteiger partial charge in [-0.3, -0.25) is 0 Å². The lowest BCUT2D eigenvalue weighted by atomic mass is 9.87. The van der Waals surface area contributed by atoms with Gasteiger partial charge in [0.1, 0.15) is 0 Å². The largest absolute Gasteiger partial charge is 0.417 e. The van der Waals surface area contributed by atoms with Crippen molar-refractivity contribution in [3.05, 3.63) is 269 Å². The van der Waals surface area contributed by atoms with Crippen LogP contribution in [0.1, 0.15) is 33.4 Å². The van der Waals surface area contributed by atoms with E-state index in [4.69, 9.17) is 6.57 Å². The Bertz CT molecular complexity index is 4820. The van der Waals surface area contributed by atoms with Crippen LogP contribution in [0.3, 0.4) is 0 Å². The van der Waals surface area contributed by atoms with Crippen molar-refractivity contribution in [3.8, 4) is 102 Å². The number of rotatable bonds is 8. The number of halogens is 3. The first-order chi connectivity index (χ1) is 40.4. The van der Waals surface area contributed by atoms with E-state index in [0.29, 0.717) is 61.6 Å². The van der Waals surface area contributed by atoms with Gasteiger partial charge in [-0.05, 0) is 195 Å². The molecule has 11 aromatic carbocycles. The molecule has 7 nitrogen and oxygen atoms in total. The molecule has 0 N–H and O–H groups in total. The number of fused-ring (bicyclic) bond motifs is 6. The van der Waals surface area contributed by atoms with Gasteiger partial charge in [-0.1, -0.05) is 103 Å². The summed E-state index contributed by atoms with van der Waals surface area (Å²) in [6.45, 7) is 9.23. The molecule has 0 saturated carbocycles. The zero-order valence-corrected chi connectivity index (χ0v) is 44.1. The van der Waals surface area contributed by atoms with Crippen LogP contribution in [0.25, 0.3) is 127 Å². The standard InChI is InChI=1S/C73H40F3N7/c1-44-4-3-5-66(73(74,75)76)72(44)59-28-27-58(82-67-30-21-53(49-13-6-45(40-77)7-14-49)35-62(67)63-36-56(22-31-68(63)82)52-19-25-57(81-2)26-20-52)39-60(59)61-34-48(43-80)12-29-69(61)83-70-32-23-54(50-15-8-46(41-78)9-16-50)37-64(70)65-38-55(24-33-71(65)83)51-17-10-47(42-79)11-18-51/h3-39H,1H3. The minimum atomic E-state index is -4.73. The molecule has 0 unspecified atom stereocenters. The quantitative estimate of drug-likeness (QED) is 0.141. The predicted molar refractivity (Wildman–Crippen MR) is 323 cm³/mol. The number of aryl methyl sites for hydroxylation is 1. The third kappa shape index (κ3) is 8.86. The molecule has 0 amide bonds. The van der Waals surface area contributed by atoms with Crippen molar-refractivity contribution < 1.29 is 13.2 Å². The molecule has 0 radical (unpaired) electrons. The normalized spacial score (nSPS) is 11.3. The topological polar surface area (TPSA) is 109 Å². The van der Waals surface area contributed by atoms with Crippen LogP contribution in [0.2, 0.25) is 0 Å². The fraction of sp³-hybridized carbons (Fsp3) is 0.0274. The van der Waals surface area contributed by atoms with Gasteiger partial charge in [-0.25, -0.2) is 4.85 Å². The van der Waals surface area contributed by atoms with Gasteiger partial charge in [0.05, 0.1) is 86.4 Å². The van der Waals surface area contributed by atoms with E-state index in [-0.39, 0.29) is 5.56 Å². The van der Waals surface area contributed by atoms with Gasteiger partial charge in [-0.15, -0.1) is 0 Å². The summed E-state index contributed by atoms with van der Waals surface area (Å²) < 4.78 is 50.8. The van der Waals surface area contributed by atoms with Crippen molar-refractivity contribution in [2.24, 2.45) is 0 Å². The van der Waals surface area contributed by atoms with Crippen LogP contribution in [0.4, 0.5) is 18.9 Å². The Kier molecular flexibility index (Phi) is 12.3. The number of hydrogen-bond donors (Lipinski definition) is 0. The second-order valence-corrected chi connectivity index (χ2v) is 20.4. The predicted octanol–water partition coefficient (Wildman–Crippen LogP) is 19.2. The highest BCUT2D eigenvalue weighted by atomic mass is 19.4. The van der Waals surface area contributed by atoms with Gasteiger partial charge in [0.25, 0.3) is 0 Å². The zero-order valence-electron chi connectivity index (χ0n) is 44.1. The Morgan fingerprint density at radius 1 is 0.386 bits per heavy atom. The summed E-state index contributed by atoms with van der Waals surface area (Å²) in [6.07, 6.45) is -4.73. The highest BCUT2D eigenvalue weighted by molar-refractivity contribution is 6.14. The fourth-order valence-electron chi connectivity index (χ4n) is 11.6. The van der Waals surface area contributed by atoms with Crippen molar-refractivity contribution >= 4 is 49.3 Å². The van der Waals surface area contributed by atoms with Crippen molar-refractivity contribution in [2.45, 2.75) is 13.1 Å². The summed E-state index contributed by atoms with van der Waals surface area (Å²) in [6, 6.07) is 78.4. The summed E-state index contributed by atoms with van der Waals surface area (Å²) in [7, 11) is 0. The molecule has 0 aliphatic heterocycles. The maximum Gasteiger partial charge on any atom is 0.417 e. The molecule has 0 bridgehead atoms. The lowest BCUT2D eigenvalue weighted by molar-refractivity contribution is -0.137. The van der Waals surface area contributed by atoms with E-state index in [2.05, 4.69) is 62.5 Å². The number of aromatic nitrogens is 2. The Morgan fingerprint density at radius 2 is 0.783 bits per heavy atom. The summed E-state index contributed by atoms with van der Waals surface area (Å²) >= 11 is 0. The fourth-order valence-corrected chi connectivity index (χ4v) is 11.6. The third-order valence-electron chi connectivity index (χ3n) is 15.7. The molecule has 0 aliphatic carbocycles. The summed E-state index contributed by atoms with van der Waals surface area (Å²) in [5, 5.41) is 43.1.